The molecule has 5 atom stereocenters. The van der Waals surface area contributed by atoms with E-state index in [1.54, 1.807) is 11.8 Å². The third-order valence-corrected chi connectivity index (χ3v) is 7.78. The minimum atomic E-state index is -0.0897. The molecule has 0 radical (unpaired) electrons. The van der Waals surface area contributed by atoms with E-state index in [1.807, 2.05) is 18.3 Å². The molecule has 1 N–H and O–H groups in total. The molecule has 3 aliphatic rings. The van der Waals surface area contributed by atoms with E-state index in [1.165, 1.54) is 31.2 Å². The number of ether oxygens (including phenoxy) is 1. The van der Waals surface area contributed by atoms with Crippen LogP contribution in [-0.2, 0) is 13.0 Å². The van der Waals surface area contributed by atoms with Crippen LogP contribution in [0.1, 0.15) is 61.6 Å². The summed E-state index contributed by atoms with van der Waals surface area (Å²) in [6, 6.07) is 10.7. The van der Waals surface area contributed by atoms with Gasteiger partial charge in [0, 0.05) is 18.0 Å². The Kier molecular flexibility index (Phi) is 4.23. The number of aliphatic hydroxyl groups excluding tert-OH is 1. The first-order valence-corrected chi connectivity index (χ1v) is 10.5. The number of hydrogen-bond donors (Lipinski definition) is 1. The lowest BCUT2D eigenvalue weighted by Gasteiger charge is -2.50. The number of aryl methyl sites for hydroxylation is 1. The van der Waals surface area contributed by atoms with Crippen molar-refractivity contribution in [2.45, 2.75) is 64.1 Å². The van der Waals surface area contributed by atoms with Gasteiger partial charge in [0.15, 0.2) is 0 Å². The summed E-state index contributed by atoms with van der Waals surface area (Å²) < 4.78 is 6.02. The van der Waals surface area contributed by atoms with Crippen LogP contribution in [0.2, 0.25) is 0 Å². The molecule has 3 nitrogen and oxygen atoms in total. The second kappa shape index (κ2) is 6.63. The van der Waals surface area contributed by atoms with Crippen molar-refractivity contribution in [2.75, 3.05) is 0 Å². The third kappa shape index (κ3) is 2.87. The Hall–Kier alpha value is -1.87. The van der Waals surface area contributed by atoms with Crippen molar-refractivity contribution in [2.24, 2.45) is 17.3 Å². The Balaban J connectivity index is 1.34. The number of benzene rings is 1. The summed E-state index contributed by atoms with van der Waals surface area (Å²) in [6.07, 6.45) is 10.6. The van der Waals surface area contributed by atoms with Gasteiger partial charge in [-0.3, -0.25) is 4.98 Å². The van der Waals surface area contributed by atoms with Gasteiger partial charge in [-0.05, 0) is 91.0 Å². The second-order valence-corrected chi connectivity index (χ2v) is 9.06. The van der Waals surface area contributed by atoms with E-state index in [2.05, 4.69) is 30.1 Å². The standard InChI is InChI=1S/C24H29NO2/c1-24-11-10-20-19-7-5-18(27-15-16-3-2-12-25-14-16)13-17(19)4-6-21(20)22(24)8-9-23(24)26/h2-3,5,7,12-14,20-23,26H,4,6,8-11,15H2,1H3/t20-,21-,22+,23+,24+/m1/s1. The van der Waals surface area contributed by atoms with Crippen LogP contribution in [-0.4, -0.2) is 16.2 Å². The van der Waals surface area contributed by atoms with Crippen LogP contribution < -0.4 is 4.74 Å². The molecule has 0 spiro atoms. The maximum atomic E-state index is 10.5. The van der Waals surface area contributed by atoms with Crippen LogP contribution in [0, 0.1) is 17.3 Å². The summed E-state index contributed by atoms with van der Waals surface area (Å²) in [7, 11) is 0. The molecule has 0 unspecified atom stereocenters. The zero-order valence-electron chi connectivity index (χ0n) is 16.1. The van der Waals surface area contributed by atoms with Crippen molar-refractivity contribution >= 4 is 0 Å². The Labute approximate surface area is 161 Å². The van der Waals surface area contributed by atoms with Crippen molar-refractivity contribution < 1.29 is 9.84 Å². The minimum absolute atomic E-state index is 0.0897. The molecule has 3 heteroatoms. The minimum Gasteiger partial charge on any atom is -0.489 e. The summed E-state index contributed by atoms with van der Waals surface area (Å²) in [5.41, 5.74) is 4.28. The van der Waals surface area contributed by atoms with Gasteiger partial charge in [0.2, 0.25) is 0 Å². The van der Waals surface area contributed by atoms with E-state index in [-0.39, 0.29) is 11.5 Å². The Morgan fingerprint density at radius 2 is 2.11 bits per heavy atom. The molecule has 5 rings (SSSR count). The first kappa shape index (κ1) is 17.2. The van der Waals surface area contributed by atoms with E-state index in [9.17, 15) is 5.11 Å². The van der Waals surface area contributed by atoms with Crippen molar-refractivity contribution in [1.29, 1.82) is 0 Å². The molecule has 1 aromatic carbocycles. The Morgan fingerprint density at radius 3 is 2.96 bits per heavy atom. The predicted molar refractivity (Wildman–Crippen MR) is 106 cm³/mol. The number of aliphatic hydroxyl groups is 1. The summed E-state index contributed by atoms with van der Waals surface area (Å²) in [5.74, 6) is 3.08. The molecule has 142 valence electrons. The first-order valence-electron chi connectivity index (χ1n) is 10.5. The van der Waals surface area contributed by atoms with Gasteiger partial charge >= 0.3 is 0 Å². The van der Waals surface area contributed by atoms with Crippen molar-refractivity contribution in [1.82, 2.24) is 4.98 Å². The van der Waals surface area contributed by atoms with Crippen molar-refractivity contribution in [3.63, 3.8) is 0 Å². The predicted octanol–water partition coefficient (Wildman–Crippen LogP) is 4.88. The van der Waals surface area contributed by atoms with Gasteiger partial charge in [-0.2, -0.15) is 0 Å². The van der Waals surface area contributed by atoms with Gasteiger partial charge in [0.1, 0.15) is 12.4 Å². The maximum Gasteiger partial charge on any atom is 0.120 e. The average molecular weight is 364 g/mol. The topological polar surface area (TPSA) is 42.4 Å². The maximum absolute atomic E-state index is 10.5. The number of nitrogens with zero attached hydrogens (tertiary/aromatic N) is 1. The molecule has 1 aromatic heterocycles. The zero-order valence-corrected chi connectivity index (χ0v) is 16.1. The fourth-order valence-electron chi connectivity index (χ4n) is 6.27. The van der Waals surface area contributed by atoms with Crippen molar-refractivity contribution in [3.05, 3.63) is 59.4 Å². The van der Waals surface area contributed by atoms with Crippen LogP contribution in [0.25, 0.3) is 0 Å². The van der Waals surface area contributed by atoms with Crippen LogP contribution in [0.15, 0.2) is 42.7 Å². The lowest BCUT2D eigenvalue weighted by atomic mass is 9.55. The summed E-state index contributed by atoms with van der Waals surface area (Å²) >= 11 is 0. The lowest BCUT2D eigenvalue weighted by molar-refractivity contribution is -0.0226. The highest BCUT2D eigenvalue weighted by molar-refractivity contribution is 5.41. The molecule has 2 saturated carbocycles. The van der Waals surface area contributed by atoms with Crippen LogP contribution in [0.3, 0.4) is 0 Å². The Morgan fingerprint density at radius 1 is 1.19 bits per heavy atom. The van der Waals surface area contributed by atoms with E-state index >= 15 is 0 Å². The molecule has 0 bridgehead atoms. The highest BCUT2D eigenvalue weighted by Crippen LogP contribution is 2.60. The number of aromatic nitrogens is 1. The molecule has 2 aromatic rings. The average Bonchev–Trinajstić information content (AvgIpc) is 3.01. The van der Waals surface area contributed by atoms with Gasteiger partial charge in [-0.15, -0.1) is 0 Å². The number of pyridine rings is 1. The van der Waals surface area contributed by atoms with Gasteiger partial charge in [0.25, 0.3) is 0 Å². The molecule has 1 heterocycles. The molecule has 0 aliphatic heterocycles. The molecule has 0 amide bonds. The molecule has 0 saturated heterocycles. The quantitative estimate of drug-likeness (QED) is 0.845. The lowest BCUT2D eigenvalue weighted by Crippen LogP contribution is -2.43. The number of fused-ring (bicyclic) bond motifs is 5. The number of rotatable bonds is 3. The smallest absolute Gasteiger partial charge is 0.120 e. The van der Waals surface area contributed by atoms with Gasteiger partial charge < -0.3 is 9.84 Å². The second-order valence-electron chi connectivity index (χ2n) is 9.06. The molecular weight excluding hydrogens is 334 g/mol. The van der Waals surface area contributed by atoms with E-state index < -0.39 is 0 Å². The van der Waals surface area contributed by atoms with E-state index in [0.29, 0.717) is 18.4 Å². The molecule has 2 fully saturated rings. The SMILES string of the molecule is C[C@]12CC[C@@H]3c4ccc(OCc5cccnc5)cc4CC[C@H]3[C@@H]1CC[C@@H]2O. The fourth-order valence-corrected chi connectivity index (χ4v) is 6.27. The van der Waals surface area contributed by atoms with Gasteiger partial charge in [0.05, 0.1) is 6.10 Å². The highest BCUT2D eigenvalue weighted by Gasteiger charge is 2.54. The normalized spacial score (nSPS) is 34.4. The molecule has 27 heavy (non-hydrogen) atoms. The Bertz CT molecular complexity index is 820. The first-order chi connectivity index (χ1) is 13.1. The highest BCUT2D eigenvalue weighted by atomic mass is 16.5. The summed E-state index contributed by atoms with van der Waals surface area (Å²) in [5, 5.41) is 10.5. The van der Waals surface area contributed by atoms with E-state index in [4.69, 9.17) is 4.74 Å². The van der Waals surface area contributed by atoms with Gasteiger partial charge in [-0.1, -0.05) is 19.1 Å². The van der Waals surface area contributed by atoms with Crippen molar-refractivity contribution in [3.8, 4) is 5.75 Å². The molecule has 3 aliphatic carbocycles. The van der Waals surface area contributed by atoms with Crippen LogP contribution in [0.5, 0.6) is 5.75 Å². The summed E-state index contributed by atoms with van der Waals surface area (Å²) in [4.78, 5) is 4.15. The van der Waals surface area contributed by atoms with Gasteiger partial charge in [-0.25, -0.2) is 0 Å². The monoisotopic (exact) mass is 363 g/mol. The summed E-state index contributed by atoms with van der Waals surface area (Å²) in [6.45, 7) is 2.91. The third-order valence-electron chi connectivity index (χ3n) is 7.78. The van der Waals surface area contributed by atoms with Crippen LogP contribution in [0.4, 0.5) is 0 Å². The van der Waals surface area contributed by atoms with Crippen LogP contribution >= 0.6 is 0 Å². The fraction of sp³-hybridized carbons (Fsp3) is 0.542. The largest absolute Gasteiger partial charge is 0.489 e. The number of hydrogen-bond acceptors (Lipinski definition) is 3. The van der Waals surface area contributed by atoms with E-state index in [0.717, 1.165) is 30.1 Å². The zero-order chi connectivity index (χ0) is 18.4. The molecular formula is C24H29NO2.